The second-order valence-corrected chi connectivity index (χ2v) is 7.41. The summed E-state index contributed by atoms with van der Waals surface area (Å²) in [5.41, 5.74) is 1.06. The van der Waals surface area contributed by atoms with Gasteiger partial charge in [0.2, 0.25) is 0 Å². The number of urea groups is 1. The van der Waals surface area contributed by atoms with Crippen LogP contribution in [0.15, 0.2) is 12.5 Å². The SMILES string of the molecule is Cn1cncc1[C@@H]1C[C@@H](NC(=O)NC[C@H]2CCCS2)CCO1. The number of aryl methyl sites for hydroxylation is 1. The number of hydrogen-bond acceptors (Lipinski definition) is 4. The third-order valence-electron chi connectivity index (χ3n) is 4.32. The summed E-state index contributed by atoms with van der Waals surface area (Å²) < 4.78 is 7.80. The van der Waals surface area contributed by atoms with Gasteiger partial charge in [0.05, 0.1) is 18.2 Å². The Morgan fingerprint density at radius 1 is 1.55 bits per heavy atom. The summed E-state index contributed by atoms with van der Waals surface area (Å²) in [5.74, 6) is 1.22. The number of thioether (sulfide) groups is 1. The zero-order chi connectivity index (χ0) is 15.4. The molecule has 122 valence electrons. The van der Waals surface area contributed by atoms with E-state index in [2.05, 4.69) is 15.6 Å². The second kappa shape index (κ2) is 7.37. The van der Waals surface area contributed by atoms with Gasteiger partial charge < -0.3 is 19.9 Å². The van der Waals surface area contributed by atoms with Crippen LogP contribution >= 0.6 is 11.8 Å². The fourth-order valence-electron chi connectivity index (χ4n) is 3.06. The molecule has 0 radical (unpaired) electrons. The predicted molar refractivity (Wildman–Crippen MR) is 86.9 cm³/mol. The topological polar surface area (TPSA) is 68.2 Å². The molecule has 0 unspecified atom stereocenters. The Morgan fingerprint density at radius 2 is 2.45 bits per heavy atom. The van der Waals surface area contributed by atoms with Crippen molar-refractivity contribution in [2.45, 2.75) is 43.1 Å². The van der Waals surface area contributed by atoms with Crippen molar-refractivity contribution in [1.29, 1.82) is 0 Å². The number of amides is 2. The fourth-order valence-corrected chi connectivity index (χ4v) is 4.26. The van der Waals surface area contributed by atoms with E-state index in [0.717, 1.165) is 25.1 Å². The first-order valence-corrected chi connectivity index (χ1v) is 9.01. The summed E-state index contributed by atoms with van der Waals surface area (Å²) in [5, 5.41) is 6.67. The van der Waals surface area contributed by atoms with E-state index in [-0.39, 0.29) is 18.2 Å². The molecule has 2 fully saturated rings. The summed E-state index contributed by atoms with van der Waals surface area (Å²) in [6, 6.07) is 0.105. The number of hydrogen-bond donors (Lipinski definition) is 2. The number of ether oxygens (including phenoxy) is 1. The van der Waals surface area contributed by atoms with Crippen molar-refractivity contribution in [3.8, 4) is 0 Å². The molecule has 2 N–H and O–H groups in total. The smallest absolute Gasteiger partial charge is 0.315 e. The maximum Gasteiger partial charge on any atom is 0.315 e. The molecule has 2 aliphatic heterocycles. The number of rotatable bonds is 4. The maximum absolute atomic E-state index is 12.0. The second-order valence-electron chi connectivity index (χ2n) is 6.00. The molecule has 0 aromatic carbocycles. The number of aromatic nitrogens is 2. The van der Waals surface area contributed by atoms with Crippen molar-refractivity contribution >= 4 is 17.8 Å². The molecular formula is C15H24N4O2S. The number of carbonyl (C=O) groups is 1. The van der Waals surface area contributed by atoms with E-state index < -0.39 is 0 Å². The third kappa shape index (κ3) is 3.95. The van der Waals surface area contributed by atoms with E-state index in [1.54, 1.807) is 6.33 Å². The van der Waals surface area contributed by atoms with Gasteiger partial charge in [-0.3, -0.25) is 0 Å². The molecule has 2 amide bonds. The van der Waals surface area contributed by atoms with Crippen LogP contribution in [0.5, 0.6) is 0 Å². The van der Waals surface area contributed by atoms with Crippen LogP contribution in [-0.2, 0) is 11.8 Å². The highest BCUT2D eigenvalue weighted by atomic mass is 32.2. The van der Waals surface area contributed by atoms with Crippen molar-refractivity contribution < 1.29 is 9.53 Å². The number of carbonyl (C=O) groups excluding carboxylic acids is 1. The average molecular weight is 324 g/mol. The van der Waals surface area contributed by atoms with Crippen LogP contribution in [0.1, 0.15) is 37.5 Å². The normalized spacial score (nSPS) is 28.5. The maximum atomic E-state index is 12.0. The minimum atomic E-state index is -0.0526. The minimum Gasteiger partial charge on any atom is -0.372 e. The van der Waals surface area contributed by atoms with Gasteiger partial charge >= 0.3 is 6.03 Å². The first-order chi connectivity index (χ1) is 10.7. The van der Waals surface area contributed by atoms with Crippen LogP contribution in [-0.4, -0.2) is 45.8 Å². The van der Waals surface area contributed by atoms with Gasteiger partial charge in [0.25, 0.3) is 0 Å². The Kier molecular flexibility index (Phi) is 5.25. The molecule has 3 heterocycles. The van der Waals surface area contributed by atoms with E-state index in [9.17, 15) is 4.79 Å². The highest BCUT2D eigenvalue weighted by Gasteiger charge is 2.27. The lowest BCUT2D eigenvalue weighted by atomic mass is 10.0. The molecule has 2 aliphatic rings. The van der Waals surface area contributed by atoms with Crippen molar-refractivity contribution in [2.24, 2.45) is 7.05 Å². The minimum absolute atomic E-state index is 0.0111. The molecule has 1 aromatic rings. The van der Waals surface area contributed by atoms with Crippen LogP contribution in [0.2, 0.25) is 0 Å². The highest BCUT2D eigenvalue weighted by Crippen LogP contribution is 2.27. The molecule has 3 atom stereocenters. The van der Waals surface area contributed by atoms with E-state index in [1.807, 2.05) is 29.6 Å². The summed E-state index contributed by atoms with van der Waals surface area (Å²) in [4.78, 5) is 16.2. The van der Waals surface area contributed by atoms with Crippen molar-refractivity contribution in [1.82, 2.24) is 20.2 Å². The quantitative estimate of drug-likeness (QED) is 0.887. The van der Waals surface area contributed by atoms with Gasteiger partial charge in [-0.05, 0) is 31.4 Å². The fraction of sp³-hybridized carbons (Fsp3) is 0.733. The van der Waals surface area contributed by atoms with Crippen LogP contribution in [0, 0.1) is 0 Å². The Balaban J connectivity index is 1.45. The zero-order valence-corrected chi connectivity index (χ0v) is 13.8. The highest BCUT2D eigenvalue weighted by molar-refractivity contribution is 8.00. The Hall–Kier alpha value is -1.21. The molecule has 0 spiro atoms. The van der Waals surface area contributed by atoms with E-state index in [1.165, 1.54) is 18.6 Å². The molecular weight excluding hydrogens is 300 g/mol. The molecule has 1 aromatic heterocycles. The first-order valence-electron chi connectivity index (χ1n) is 7.96. The van der Waals surface area contributed by atoms with Gasteiger partial charge in [0.1, 0.15) is 6.10 Å². The lowest BCUT2D eigenvalue weighted by Crippen LogP contribution is -2.46. The summed E-state index contributed by atoms with van der Waals surface area (Å²) >= 11 is 1.96. The lowest BCUT2D eigenvalue weighted by Gasteiger charge is -2.30. The van der Waals surface area contributed by atoms with Gasteiger partial charge in [-0.2, -0.15) is 11.8 Å². The molecule has 2 saturated heterocycles. The lowest BCUT2D eigenvalue weighted by molar-refractivity contribution is -0.00177. The summed E-state index contributed by atoms with van der Waals surface area (Å²) in [7, 11) is 1.97. The van der Waals surface area contributed by atoms with Gasteiger partial charge in [-0.1, -0.05) is 0 Å². The Morgan fingerprint density at radius 3 is 3.18 bits per heavy atom. The van der Waals surface area contributed by atoms with Crippen LogP contribution < -0.4 is 10.6 Å². The number of nitrogens with one attached hydrogen (secondary N) is 2. The van der Waals surface area contributed by atoms with E-state index in [4.69, 9.17) is 4.74 Å². The predicted octanol–water partition coefficient (Wildman–Crippen LogP) is 1.83. The van der Waals surface area contributed by atoms with Gasteiger partial charge in [-0.25, -0.2) is 9.78 Å². The van der Waals surface area contributed by atoms with Gasteiger partial charge in [0, 0.05) is 31.5 Å². The number of nitrogens with zero attached hydrogens (tertiary/aromatic N) is 2. The van der Waals surface area contributed by atoms with Crippen molar-refractivity contribution in [3.05, 3.63) is 18.2 Å². The molecule has 22 heavy (non-hydrogen) atoms. The molecule has 0 aliphatic carbocycles. The van der Waals surface area contributed by atoms with E-state index in [0.29, 0.717) is 11.9 Å². The largest absolute Gasteiger partial charge is 0.372 e. The summed E-state index contributed by atoms with van der Waals surface area (Å²) in [6.07, 6.45) is 7.77. The van der Waals surface area contributed by atoms with E-state index >= 15 is 0 Å². The average Bonchev–Trinajstić information content (AvgIpc) is 3.16. The Labute approximate surface area is 135 Å². The van der Waals surface area contributed by atoms with Crippen molar-refractivity contribution in [3.63, 3.8) is 0 Å². The molecule has 7 heteroatoms. The molecule has 3 rings (SSSR count). The first kappa shape index (κ1) is 15.7. The monoisotopic (exact) mass is 324 g/mol. The van der Waals surface area contributed by atoms with Gasteiger partial charge in [-0.15, -0.1) is 0 Å². The van der Waals surface area contributed by atoms with Crippen LogP contribution in [0.3, 0.4) is 0 Å². The molecule has 0 bridgehead atoms. The molecule has 6 nitrogen and oxygen atoms in total. The van der Waals surface area contributed by atoms with Gasteiger partial charge in [0.15, 0.2) is 0 Å². The van der Waals surface area contributed by atoms with Crippen LogP contribution in [0.4, 0.5) is 4.79 Å². The van der Waals surface area contributed by atoms with Crippen molar-refractivity contribution in [2.75, 3.05) is 18.9 Å². The zero-order valence-electron chi connectivity index (χ0n) is 13.0. The van der Waals surface area contributed by atoms with Crippen LogP contribution in [0.25, 0.3) is 0 Å². The third-order valence-corrected chi connectivity index (χ3v) is 5.72. The number of imidazole rings is 1. The Bertz CT molecular complexity index is 501. The molecule has 0 saturated carbocycles. The standard InChI is InChI=1S/C15H24N4O2S/c1-19-10-16-9-13(19)14-7-11(4-5-21-14)18-15(20)17-8-12-3-2-6-22-12/h9-12,14H,2-8H2,1H3,(H2,17,18,20)/t11-,12+,14-/m0/s1. The summed E-state index contributed by atoms with van der Waals surface area (Å²) in [6.45, 7) is 1.43.